The SMILES string of the molecule is CC(C)Oc1ccc(NC(=O)COc2cccc3cccnc23)cc1. The zero-order chi connectivity index (χ0) is 17.6. The normalized spacial score (nSPS) is 10.7. The highest BCUT2D eigenvalue weighted by atomic mass is 16.5. The average Bonchev–Trinajstić information content (AvgIpc) is 2.61. The zero-order valence-electron chi connectivity index (χ0n) is 14.2. The molecule has 1 aromatic heterocycles. The van der Waals surface area contributed by atoms with Gasteiger partial charge in [0, 0.05) is 17.3 Å². The van der Waals surface area contributed by atoms with Crippen molar-refractivity contribution >= 4 is 22.5 Å². The molecule has 0 bridgehead atoms. The van der Waals surface area contributed by atoms with Gasteiger partial charge in [0.15, 0.2) is 6.61 Å². The van der Waals surface area contributed by atoms with Gasteiger partial charge < -0.3 is 14.8 Å². The van der Waals surface area contributed by atoms with Crippen LogP contribution >= 0.6 is 0 Å². The fourth-order valence-electron chi connectivity index (χ4n) is 2.42. The summed E-state index contributed by atoms with van der Waals surface area (Å²) in [6, 6.07) is 16.7. The summed E-state index contributed by atoms with van der Waals surface area (Å²) in [5.74, 6) is 1.13. The molecule has 3 rings (SSSR count). The number of benzene rings is 2. The van der Waals surface area contributed by atoms with Crippen LogP contribution in [0.15, 0.2) is 60.8 Å². The third kappa shape index (κ3) is 4.47. The first-order valence-corrected chi connectivity index (χ1v) is 8.15. The van der Waals surface area contributed by atoms with Gasteiger partial charge in [0.05, 0.1) is 6.10 Å². The summed E-state index contributed by atoms with van der Waals surface area (Å²) < 4.78 is 11.2. The van der Waals surface area contributed by atoms with E-state index in [1.54, 1.807) is 24.4 Å². The van der Waals surface area contributed by atoms with Gasteiger partial charge in [-0.1, -0.05) is 18.2 Å². The van der Waals surface area contributed by atoms with E-state index in [1.165, 1.54) is 0 Å². The third-order valence-electron chi connectivity index (χ3n) is 3.46. The molecule has 0 fully saturated rings. The van der Waals surface area contributed by atoms with Crippen molar-refractivity contribution in [2.75, 3.05) is 11.9 Å². The van der Waals surface area contributed by atoms with Crippen molar-refractivity contribution in [2.45, 2.75) is 20.0 Å². The number of fused-ring (bicyclic) bond motifs is 1. The van der Waals surface area contributed by atoms with Gasteiger partial charge >= 0.3 is 0 Å². The lowest BCUT2D eigenvalue weighted by Gasteiger charge is -2.11. The summed E-state index contributed by atoms with van der Waals surface area (Å²) in [4.78, 5) is 16.4. The van der Waals surface area contributed by atoms with Crippen LogP contribution in [0.1, 0.15) is 13.8 Å². The number of hydrogen-bond donors (Lipinski definition) is 1. The molecule has 1 heterocycles. The summed E-state index contributed by atoms with van der Waals surface area (Å²) in [6.45, 7) is 3.85. The number of hydrogen-bond acceptors (Lipinski definition) is 4. The summed E-state index contributed by atoms with van der Waals surface area (Å²) in [7, 11) is 0. The van der Waals surface area contributed by atoms with Gasteiger partial charge in [-0.2, -0.15) is 0 Å². The Morgan fingerprint density at radius 3 is 2.60 bits per heavy atom. The van der Waals surface area contributed by atoms with Gasteiger partial charge in [0.2, 0.25) is 0 Å². The molecule has 0 saturated carbocycles. The first-order valence-electron chi connectivity index (χ1n) is 8.15. The van der Waals surface area contributed by atoms with Crippen LogP contribution in [-0.4, -0.2) is 23.6 Å². The van der Waals surface area contributed by atoms with Crippen LogP contribution in [0.3, 0.4) is 0 Å². The molecule has 0 aliphatic rings. The maximum Gasteiger partial charge on any atom is 0.262 e. The van der Waals surface area contributed by atoms with Crippen molar-refractivity contribution in [3.8, 4) is 11.5 Å². The lowest BCUT2D eigenvalue weighted by molar-refractivity contribution is -0.118. The number of carbonyl (C=O) groups is 1. The molecule has 3 aromatic rings. The highest BCUT2D eigenvalue weighted by Crippen LogP contribution is 2.23. The molecule has 5 nitrogen and oxygen atoms in total. The Morgan fingerprint density at radius 1 is 1.08 bits per heavy atom. The number of pyridine rings is 1. The van der Waals surface area contributed by atoms with Crippen molar-refractivity contribution in [3.63, 3.8) is 0 Å². The monoisotopic (exact) mass is 336 g/mol. The number of nitrogens with one attached hydrogen (secondary N) is 1. The summed E-state index contributed by atoms with van der Waals surface area (Å²) in [5, 5.41) is 3.77. The Labute approximate surface area is 146 Å². The predicted octanol–water partition coefficient (Wildman–Crippen LogP) is 4.04. The van der Waals surface area contributed by atoms with E-state index >= 15 is 0 Å². The molecule has 0 spiro atoms. The molecule has 25 heavy (non-hydrogen) atoms. The minimum Gasteiger partial charge on any atom is -0.491 e. The number of ether oxygens (including phenoxy) is 2. The van der Waals surface area contributed by atoms with Crippen LogP contribution in [0.2, 0.25) is 0 Å². The van der Waals surface area contributed by atoms with E-state index in [4.69, 9.17) is 9.47 Å². The second kappa shape index (κ2) is 7.66. The number of aromatic nitrogens is 1. The molecule has 1 N–H and O–H groups in total. The van der Waals surface area contributed by atoms with Gasteiger partial charge in [-0.3, -0.25) is 9.78 Å². The van der Waals surface area contributed by atoms with E-state index in [2.05, 4.69) is 10.3 Å². The average molecular weight is 336 g/mol. The predicted molar refractivity (Wildman–Crippen MR) is 98.1 cm³/mol. The molecule has 0 atom stereocenters. The van der Waals surface area contributed by atoms with E-state index < -0.39 is 0 Å². The van der Waals surface area contributed by atoms with Gasteiger partial charge in [0.25, 0.3) is 5.91 Å². The van der Waals surface area contributed by atoms with Crippen molar-refractivity contribution in [2.24, 2.45) is 0 Å². The first-order chi connectivity index (χ1) is 12.1. The standard InChI is InChI=1S/C20H20N2O3/c1-14(2)25-17-10-8-16(9-11-17)22-19(23)13-24-18-7-3-5-15-6-4-12-21-20(15)18/h3-12,14H,13H2,1-2H3,(H,22,23). The molecular formula is C20H20N2O3. The van der Waals surface area contributed by atoms with E-state index in [0.29, 0.717) is 11.4 Å². The topological polar surface area (TPSA) is 60.5 Å². The summed E-state index contributed by atoms with van der Waals surface area (Å²) in [5.41, 5.74) is 1.44. The maximum atomic E-state index is 12.1. The Kier molecular flexibility index (Phi) is 5.14. The highest BCUT2D eigenvalue weighted by molar-refractivity contribution is 5.92. The molecule has 5 heteroatoms. The number of carbonyl (C=O) groups excluding carboxylic acids is 1. The molecule has 0 saturated heterocycles. The molecule has 2 aromatic carbocycles. The van der Waals surface area contributed by atoms with Gasteiger partial charge in [-0.15, -0.1) is 0 Å². The number of rotatable bonds is 6. The largest absolute Gasteiger partial charge is 0.491 e. The van der Waals surface area contributed by atoms with Gasteiger partial charge in [0.1, 0.15) is 17.0 Å². The van der Waals surface area contributed by atoms with Crippen LogP contribution in [-0.2, 0) is 4.79 Å². The van der Waals surface area contributed by atoms with Crippen molar-refractivity contribution < 1.29 is 14.3 Å². The van der Waals surface area contributed by atoms with Crippen LogP contribution < -0.4 is 14.8 Å². The Morgan fingerprint density at radius 2 is 1.84 bits per heavy atom. The number of nitrogens with zero attached hydrogens (tertiary/aromatic N) is 1. The number of amides is 1. The maximum absolute atomic E-state index is 12.1. The smallest absolute Gasteiger partial charge is 0.262 e. The minimum absolute atomic E-state index is 0.0834. The summed E-state index contributed by atoms with van der Waals surface area (Å²) >= 11 is 0. The number of para-hydroxylation sites is 1. The molecule has 0 radical (unpaired) electrons. The van der Waals surface area contributed by atoms with Crippen molar-refractivity contribution in [3.05, 3.63) is 60.8 Å². The highest BCUT2D eigenvalue weighted by Gasteiger charge is 2.07. The van der Waals surface area contributed by atoms with Crippen LogP contribution in [0.4, 0.5) is 5.69 Å². The Hall–Kier alpha value is -3.08. The fourth-order valence-corrected chi connectivity index (χ4v) is 2.42. The lowest BCUT2D eigenvalue weighted by Crippen LogP contribution is -2.20. The van der Waals surface area contributed by atoms with Gasteiger partial charge in [-0.25, -0.2) is 0 Å². The molecule has 0 aliphatic carbocycles. The second-order valence-corrected chi connectivity index (χ2v) is 5.86. The summed E-state index contributed by atoms with van der Waals surface area (Å²) in [6.07, 6.45) is 1.82. The minimum atomic E-state index is -0.231. The second-order valence-electron chi connectivity index (χ2n) is 5.86. The molecule has 0 unspecified atom stereocenters. The molecule has 128 valence electrons. The third-order valence-corrected chi connectivity index (χ3v) is 3.46. The van der Waals surface area contributed by atoms with Crippen molar-refractivity contribution in [1.82, 2.24) is 4.98 Å². The van der Waals surface area contributed by atoms with E-state index in [0.717, 1.165) is 16.7 Å². The zero-order valence-corrected chi connectivity index (χ0v) is 14.2. The van der Waals surface area contributed by atoms with E-state index in [-0.39, 0.29) is 18.6 Å². The Balaban J connectivity index is 1.59. The molecular weight excluding hydrogens is 316 g/mol. The van der Waals surface area contributed by atoms with Gasteiger partial charge in [-0.05, 0) is 50.2 Å². The van der Waals surface area contributed by atoms with E-state index in [1.807, 2.05) is 50.2 Å². The fraction of sp³-hybridized carbons (Fsp3) is 0.200. The van der Waals surface area contributed by atoms with Crippen LogP contribution in [0, 0.1) is 0 Å². The van der Waals surface area contributed by atoms with Crippen LogP contribution in [0.25, 0.3) is 10.9 Å². The van der Waals surface area contributed by atoms with E-state index in [9.17, 15) is 4.79 Å². The number of anilines is 1. The van der Waals surface area contributed by atoms with Crippen LogP contribution in [0.5, 0.6) is 11.5 Å². The lowest BCUT2D eigenvalue weighted by atomic mass is 10.2. The molecule has 1 amide bonds. The van der Waals surface area contributed by atoms with Crippen molar-refractivity contribution in [1.29, 1.82) is 0 Å². The quantitative estimate of drug-likeness (QED) is 0.738. The first kappa shape index (κ1) is 16.8. The Bertz CT molecular complexity index is 855. The molecule has 0 aliphatic heterocycles.